The average Bonchev–Trinajstić information content (AvgIpc) is 3.27. The Balaban J connectivity index is 1.60. The van der Waals surface area contributed by atoms with Gasteiger partial charge in [-0.05, 0) is 31.0 Å². The lowest BCUT2D eigenvalue weighted by atomic mass is 10.1. The number of anilines is 1. The van der Waals surface area contributed by atoms with E-state index in [1.807, 2.05) is 24.0 Å². The zero-order valence-corrected chi connectivity index (χ0v) is 14.4. The van der Waals surface area contributed by atoms with Crippen molar-refractivity contribution in [1.29, 1.82) is 0 Å². The number of rotatable bonds is 4. The van der Waals surface area contributed by atoms with Crippen molar-refractivity contribution < 1.29 is 13.9 Å². The van der Waals surface area contributed by atoms with Gasteiger partial charge in [0, 0.05) is 29.7 Å². The summed E-state index contributed by atoms with van der Waals surface area (Å²) in [5, 5.41) is 0.647. The zero-order chi connectivity index (χ0) is 16.8. The highest BCUT2D eigenvalue weighted by atomic mass is 35.5. The van der Waals surface area contributed by atoms with Gasteiger partial charge in [-0.15, -0.1) is 0 Å². The minimum Gasteiger partial charge on any atom is -0.495 e. The molecule has 1 aromatic carbocycles. The minimum atomic E-state index is -0.0782. The van der Waals surface area contributed by atoms with Crippen molar-refractivity contribution in [3.05, 3.63) is 46.9 Å². The number of nitrogens with zero attached hydrogens (tertiary/aromatic N) is 2. The summed E-state index contributed by atoms with van der Waals surface area (Å²) in [7, 11) is 1.61. The van der Waals surface area contributed by atoms with Crippen LogP contribution in [-0.4, -0.2) is 36.5 Å². The molecule has 2 aliphatic heterocycles. The summed E-state index contributed by atoms with van der Waals surface area (Å²) >= 11 is 6.19. The number of piperazine rings is 1. The van der Waals surface area contributed by atoms with Crippen LogP contribution in [0, 0.1) is 6.92 Å². The highest BCUT2D eigenvalue weighted by Gasteiger charge is 2.50. The molecule has 2 bridgehead atoms. The standard InChI is InChI=1S/C18H19ClN2O3/c1-11-5-15(17(23-2)7-14(11)19)21-13-6-16(18(21)22)20(9-13)8-12-3-4-24-10-12/h3-5,7,10,13,16H,6,8-9H2,1-2H3/t13-,16-/m0/s1. The van der Waals surface area contributed by atoms with Crippen LogP contribution in [0.2, 0.25) is 5.02 Å². The molecule has 24 heavy (non-hydrogen) atoms. The van der Waals surface area contributed by atoms with Crippen molar-refractivity contribution in [2.75, 3.05) is 18.6 Å². The molecular formula is C18H19ClN2O3. The number of likely N-dealkylation sites (tertiary alicyclic amines) is 1. The molecule has 2 fully saturated rings. The summed E-state index contributed by atoms with van der Waals surface area (Å²) < 4.78 is 10.6. The quantitative estimate of drug-likeness (QED) is 0.852. The molecule has 5 nitrogen and oxygen atoms in total. The fourth-order valence-corrected chi connectivity index (χ4v) is 3.92. The summed E-state index contributed by atoms with van der Waals surface area (Å²) in [6.07, 6.45) is 4.25. The van der Waals surface area contributed by atoms with E-state index in [0.717, 1.165) is 36.3 Å². The van der Waals surface area contributed by atoms with Gasteiger partial charge < -0.3 is 14.1 Å². The molecule has 2 aromatic rings. The van der Waals surface area contributed by atoms with Gasteiger partial charge in [-0.1, -0.05) is 11.6 Å². The first-order chi connectivity index (χ1) is 11.6. The molecule has 0 aliphatic carbocycles. The van der Waals surface area contributed by atoms with Crippen molar-refractivity contribution in [2.45, 2.75) is 32.0 Å². The third-order valence-corrected chi connectivity index (χ3v) is 5.36. The Morgan fingerprint density at radius 1 is 1.42 bits per heavy atom. The smallest absolute Gasteiger partial charge is 0.244 e. The third-order valence-electron chi connectivity index (χ3n) is 4.95. The molecule has 1 amide bonds. The molecule has 1 aromatic heterocycles. The van der Waals surface area contributed by atoms with Crippen LogP contribution < -0.4 is 9.64 Å². The Morgan fingerprint density at radius 2 is 2.25 bits per heavy atom. The van der Waals surface area contributed by atoms with E-state index in [0.29, 0.717) is 10.8 Å². The first-order valence-electron chi connectivity index (χ1n) is 8.01. The van der Waals surface area contributed by atoms with Gasteiger partial charge in [-0.3, -0.25) is 9.69 Å². The number of halogens is 1. The van der Waals surface area contributed by atoms with Crippen LogP contribution >= 0.6 is 11.6 Å². The Kier molecular flexibility index (Phi) is 3.77. The number of ether oxygens (including phenoxy) is 1. The minimum absolute atomic E-state index is 0.0782. The van der Waals surface area contributed by atoms with Crippen LogP contribution in [0.4, 0.5) is 5.69 Å². The number of furan rings is 1. The Labute approximate surface area is 145 Å². The number of methoxy groups -OCH3 is 1. The van der Waals surface area contributed by atoms with Crippen molar-refractivity contribution >= 4 is 23.2 Å². The number of aryl methyl sites for hydroxylation is 1. The number of carbonyl (C=O) groups is 1. The number of fused-ring (bicyclic) bond motifs is 2. The molecule has 0 saturated carbocycles. The molecule has 4 rings (SSSR count). The van der Waals surface area contributed by atoms with E-state index < -0.39 is 0 Å². The van der Waals surface area contributed by atoms with Gasteiger partial charge in [-0.25, -0.2) is 0 Å². The SMILES string of the molecule is COc1cc(Cl)c(C)cc1N1C(=O)[C@@H]2C[C@H]1CN2Cc1ccoc1. The van der Waals surface area contributed by atoms with Crippen LogP contribution in [0.25, 0.3) is 0 Å². The Morgan fingerprint density at radius 3 is 2.92 bits per heavy atom. The van der Waals surface area contributed by atoms with Gasteiger partial charge in [0.25, 0.3) is 0 Å². The first-order valence-corrected chi connectivity index (χ1v) is 8.38. The number of hydrogen-bond acceptors (Lipinski definition) is 4. The normalized spacial score (nSPS) is 23.3. The molecule has 3 heterocycles. The summed E-state index contributed by atoms with van der Waals surface area (Å²) in [5.74, 6) is 0.780. The molecule has 0 spiro atoms. The summed E-state index contributed by atoms with van der Waals surface area (Å²) in [5.41, 5.74) is 2.86. The molecule has 0 N–H and O–H groups in total. The van der Waals surface area contributed by atoms with E-state index in [1.165, 1.54) is 0 Å². The predicted octanol–water partition coefficient (Wildman–Crippen LogP) is 3.24. The van der Waals surface area contributed by atoms with Crippen LogP contribution in [0.15, 0.2) is 35.1 Å². The second kappa shape index (κ2) is 5.83. The fourth-order valence-electron chi connectivity index (χ4n) is 3.77. The lowest BCUT2D eigenvalue weighted by molar-refractivity contribution is -0.122. The number of carbonyl (C=O) groups excluding carboxylic acids is 1. The Bertz CT molecular complexity index is 775. The van der Waals surface area contributed by atoms with Crippen molar-refractivity contribution in [2.24, 2.45) is 0 Å². The van der Waals surface area contributed by atoms with Gasteiger partial charge >= 0.3 is 0 Å². The van der Waals surface area contributed by atoms with Gasteiger partial charge in [-0.2, -0.15) is 0 Å². The van der Waals surface area contributed by atoms with Gasteiger partial charge in [0.15, 0.2) is 0 Å². The van der Waals surface area contributed by atoms with E-state index in [4.69, 9.17) is 20.8 Å². The van der Waals surface area contributed by atoms with E-state index in [2.05, 4.69) is 4.90 Å². The maximum absolute atomic E-state index is 12.9. The highest BCUT2D eigenvalue weighted by Crippen LogP contribution is 2.42. The monoisotopic (exact) mass is 346 g/mol. The second-order valence-corrected chi connectivity index (χ2v) is 6.86. The van der Waals surface area contributed by atoms with Crippen molar-refractivity contribution in [1.82, 2.24) is 4.90 Å². The molecule has 2 saturated heterocycles. The molecular weight excluding hydrogens is 328 g/mol. The summed E-state index contributed by atoms with van der Waals surface area (Å²) in [4.78, 5) is 17.1. The van der Waals surface area contributed by atoms with Gasteiger partial charge in [0.1, 0.15) is 5.75 Å². The molecule has 126 valence electrons. The molecule has 2 atom stereocenters. The Hall–Kier alpha value is -1.98. The van der Waals surface area contributed by atoms with Crippen LogP contribution in [0.5, 0.6) is 5.75 Å². The number of amides is 1. The maximum atomic E-state index is 12.9. The van der Waals surface area contributed by atoms with E-state index in [-0.39, 0.29) is 18.0 Å². The zero-order valence-electron chi connectivity index (χ0n) is 13.7. The lowest BCUT2D eigenvalue weighted by Crippen LogP contribution is -2.50. The topological polar surface area (TPSA) is 45.9 Å². The van der Waals surface area contributed by atoms with Crippen LogP contribution in [0.1, 0.15) is 17.5 Å². The molecule has 2 aliphatic rings. The van der Waals surface area contributed by atoms with Gasteiger partial charge in [0.2, 0.25) is 5.91 Å². The van der Waals surface area contributed by atoms with Gasteiger partial charge in [0.05, 0.1) is 37.4 Å². The summed E-state index contributed by atoms with van der Waals surface area (Å²) in [6.45, 7) is 3.54. The van der Waals surface area contributed by atoms with Crippen molar-refractivity contribution in [3.8, 4) is 5.75 Å². The average molecular weight is 347 g/mol. The first kappa shape index (κ1) is 15.5. The maximum Gasteiger partial charge on any atom is 0.244 e. The van der Waals surface area contributed by atoms with E-state index in [9.17, 15) is 4.79 Å². The lowest BCUT2D eigenvalue weighted by Gasteiger charge is -2.34. The highest BCUT2D eigenvalue weighted by molar-refractivity contribution is 6.31. The second-order valence-electron chi connectivity index (χ2n) is 6.45. The van der Waals surface area contributed by atoms with Crippen LogP contribution in [0.3, 0.4) is 0 Å². The summed E-state index contributed by atoms with van der Waals surface area (Å²) in [6, 6.07) is 5.77. The molecule has 0 radical (unpaired) electrons. The molecule has 6 heteroatoms. The number of benzene rings is 1. The fraction of sp³-hybridized carbons (Fsp3) is 0.389. The predicted molar refractivity (Wildman–Crippen MR) is 91.5 cm³/mol. The molecule has 0 unspecified atom stereocenters. The van der Waals surface area contributed by atoms with E-state index >= 15 is 0 Å². The number of hydrogen-bond donors (Lipinski definition) is 0. The largest absolute Gasteiger partial charge is 0.495 e. The van der Waals surface area contributed by atoms with E-state index in [1.54, 1.807) is 25.7 Å². The van der Waals surface area contributed by atoms with Crippen LogP contribution in [-0.2, 0) is 11.3 Å². The van der Waals surface area contributed by atoms with Crippen molar-refractivity contribution in [3.63, 3.8) is 0 Å². The third kappa shape index (κ3) is 2.39.